The number of carbonyl (C=O) groups excluding carboxylic acids is 1. The molecule has 1 aromatic carbocycles. The second-order valence-electron chi connectivity index (χ2n) is 4.69. The lowest BCUT2D eigenvalue weighted by Gasteiger charge is -2.14. The first-order valence-electron chi connectivity index (χ1n) is 5.80. The van der Waals surface area contributed by atoms with Gasteiger partial charge in [-0.3, -0.25) is 4.79 Å². The fourth-order valence-electron chi connectivity index (χ4n) is 1.80. The molecule has 3 nitrogen and oxygen atoms in total. The number of anilines is 1. The van der Waals surface area contributed by atoms with Crippen molar-refractivity contribution in [2.75, 3.05) is 18.6 Å². The number of hydrogen-bond acceptors (Lipinski definition) is 4. The summed E-state index contributed by atoms with van der Waals surface area (Å²) >= 11 is 7.64. The van der Waals surface area contributed by atoms with E-state index in [0.29, 0.717) is 17.1 Å². The summed E-state index contributed by atoms with van der Waals surface area (Å²) in [5, 5.41) is 0.581. The third-order valence-electron chi connectivity index (χ3n) is 3.25. The van der Waals surface area contributed by atoms with Crippen molar-refractivity contribution in [2.45, 2.75) is 24.2 Å². The Balaban J connectivity index is 1.95. The molecule has 1 aliphatic rings. The Morgan fingerprint density at radius 1 is 1.56 bits per heavy atom. The Kier molecular flexibility index (Phi) is 4.07. The molecule has 0 heterocycles. The van der Waals surface area contributed by atoms with Gasteiger partial charge in [0, 0.05) is 10.6 Å². The zero-order valence-corrected chi connectivity index (χ0v) is 11.8. The number of ether oxygens (including phenoxy) is 1. The van der Waals surface area contributed by atoms with E-state index >= 15 is 0 Å². The molecule has 0 unspecified atom stereocenters. The first-order valence-corrected chi connectivity index (χ1v) is 7.16. The number of nitrogen functional groups attached to an aromatic ring is 1. The van der Waals surface area contributed by atoms with Crippen LogP contribution >= 0.6 is 23.4 Å². The third kappa shape index (κ3) is 3.12. The second kappa shape index (κ2) is 5.41. The van der Waals surface area contributed by atoms with Crippen LogP contribution in [0.25, 0.3) is 0 Å². The van der Waals surface area contributed by atoms with Gasteiger partial charge in [-0.1, -0.05) is 17.7 Å². The van der Waals surface area contributed by atoms with E-state index in [9.17, 15) is 4.79 Å². The summed E-state index contributed by atoms with van der Waals surface area (Å²) in [4.78, 5) is 12.3. The van der Waals surface area contributed by atoms with E-state index in [1.807, 2.05) is 12.1 Å². The van der Waals surface area contributed by atoms with E-state index < -0.39 is 0 Å². The number of para-hydroxylation sites is 1. The molecule has 5 heteroatoms. The largest absolute Gasteiger partial charge is 0.469 e. The number of nitrogens with two attached hydrogens (primary N) is 1. The lowest BCUT2D eigenvalue weighted by molar-refractivity contribution is -0.141. The molecular formula is C13H16ClNO2S. The average Bonchev–Trinajstić information content (AvgIpc) is 3.11. The Labute approximate surface area is 116 Å². The van der Waals surface area contributed by atoms with Crippen molar-refractivity contribution in [2.24, 2.45) is 5.41 Å². The predicted octanol–water partition coefficient (Wildman–Crippen LogP) is 3.36. The molecule has 98 valence electrons. The maximum absolute atomic E-state index is 11.3. The molecule has 0 bridgehead atoms. The third-order valence-corrected chi connectivity index (χ3v) is 5.00. The molecule has 0 atom stereocenters. The van der Waals surface area contributed by atoms with Crippen molar-refractivity contribution in [1.29, 1.82) is 0 Å². The smallest absolute Gasteiger partial charge is 0.306 e. The van der Waals surface area contributed by atoms with Gasteiger partial charge in [-0.2, -0.15) is 0 Å². The minimum Gasteiger partial charge on any atom is -0.469 e. The van der Waals surface area contributed by atoms with Gasteiger partial charge < -0.3 is 10.5 Å². The van der Waals surface area contributed by atoms with Gasteiger partial charge >= 0.3 is 5.97 Å². The number of benzene rings is 1. The van der Waals surface area contributed by atoms with Crippen molar-refractivity contribution in [3.05, 3.63) is 23.2 Å². The summed E-state index contributed by atoms with van der Waals surface area (Å²) in [6.07, 6.45) is 2.65. The zero-order chi connectivity index (χ0) is 13.2. The molecule has 0 saturated heterocycles. The highest BCUT2D eigenvalue weighted by Gasteiger charge is 2.44. The number of thioether (sulfide) groups is 1. The average molecular weight is 286 g/mol. The standard InChI is InChI=1S/C13H16ClNO2S/c1-17-11(16)7-13(5-6-13)8-18-10-4-2-3-9(14)12(10)15/h2-4H,5-8,15H2,1H3. The Hall–Kier alpha value is -0.870. The summed E-state index contributed by atoms with van der Waals surface area (Å²) in [5.74, 6) is 0.749. The van der Waals surface area contributed by atoms with E-state index in [2.05, 4.69) is 0 Å². The topological polar surface area (TPSA) is 52.3 Å². The first kappa shape index (κ1) is 13.6. The maximum atomic E-state index is 11.3. The highest BCUT2D eigenvalue weighted by atomic mass is 35.5. The molecule has 0 spiro atoms. The van der Waals surface area contributed by atoms with Crippen molar-refractivity contribution >= 4 is 35.0 Å². The van der Waals surface area contributed by atoms with Gasteiger partial charge in [-0.05, 0) is 30.4 Å². The quantitative estimate of drug-likeness (QED) is 0.512. The van der Waals surface area contributed by atoms with Crippen LogP contribution in [-0.2, 0) is 9.53 Å². The predicted molar refractivity (Wildman–Crippen MR) is 74.9 cm³/mol. The van der Waals surface area contributed by atoms with Gasteiger partial charge in [-0.25, -0.2) is 0 Å². The van der Waals surface area contributed by atoms with Crippen molar-refractivity contribution in [1.82, 2.24) is 0 Å². The monoisotopic (exact) mass is 285 g/mol. The second-order valence-corrected chi connectivity index (χ2v) is 6.12. The molecular weight excluding hydrogens is 270 g/mol. The summed E-state index contributed by atoms with van der Waals surface area (Å²) < 4.78 is 4.73. The van der Waals surface area contributed by atoms with Gasteiger partial charge in [-0.15, -0.1) is 11.8 Å². The van der Waals surface area contributed by atoms with Gasteiger partial charge in [0.15, 0.2) is 0 Å². The van der Waals surface area contributed by atoms with E-state index in [1.54, 1.807) is 17.8 Å². The minimum atomic E-state index is -0.132. The maximum Gasteiger partial charge on any atom is 0.306 e. The summed E-state index contributed by atoms with van der Waals surface area (Å²) in [7, 11) is 1.43. The molecule has 2 rings (SSSR count). The highest BCUT2D eigenvalue weighted by molar-refractivity contribution is 7.99. The SMILES string of the molecule is COC(=O)CC1(CSc2cccc(Cl)c2N)CC1. The lowest BCUT2D eigenvalue weighted by atomic mass is 10.1. The highest BCUT2D eigenvalue weighted by Crippen LogP contribution is 2.52. The number of methoxy groups -OCH3 is 1. The summed E-state index contributed by atoms with van der Waals surface area (Å²) in [6, 6.07) is 5.63. The van der Waals surface area contributed by atoms with Crippen LogP contribution in [0.1, 0.15) is 19.3 Å². The number of rotatable bonds is 5. The number of hydrogen-bond donors (Lipinski definition) is 1. The minimum absolute atomic E-state index is 0.104. The molecule has 1 fully saturated rings. The lowest BCUT2D eigenvalue weighted by Crippen LogP contribution is -2.13. The zero-order valence-electron chi connectivity index (χ0n) is 10.2. The van der Waals surface area contributed by atoms with Crippen LogP contribution in [0.4, 0.5) is 5.69 Å². The van der Waals surface area contributed by atoms with E-state index in [0.717, 1.165) is 23.5 Å². The molecule has 0 radical (unpaired) electrons. The fraction of sp³-hybridized carbons (Fsp3) is 0.462. The van der Waals surface area contributed by atoms with E-state index in [4.69, 9.17) is 22.1 Å². The molecule has 1 saturated carbocycles. The van der Waals surface area contributed by atoms with E-state index in [-0.39, 0.29) is 11.4 Å². The number of halogens is 1. The Morgan fingerprint density at radius 2 is 2.28 bits per heavy atom. The van der Waals surface area contributed by atoms with Crippen LogP contribution in [0.3, 0.4) is 0 Å². The first-order chi connectivity index (χ1) is 8.56. The molecule has 18 heavy (non-hydrogen) atoms. The van der Waals surface area contributed by atoms with Gasteiger partial charge in [0.1, 0.15) is 0 Å². The van der Waals surface area contributed by atoms with E-state index in [1.165, 1.54) is 7.11 Å². The molecule has 1 aliphatic carbocycles. The molecule has 0 aliphatic heterocycles. The van der Waals surface area contributed by atoms with Crippen LogP contribution in [0.5, 0.6) is 0 Å². The van der Waals surface area contributed by atoms with Crippen molar-refractivity contribution in [3.8, 4) is 0 Å². The van der Waals surface area contributed by atoms with Gasteiger partial charge in [0.05, 0.1) is 24.2 Å². The van der Waals surface area contributed by atoms with Crippen LogP contribution in [0.2, 0.25) is 5.02 Å². The molecule has 1 aromatic rings. The summed E-state index contributed by atoms with van der Waals surface area (Å²) in [6.45, 7) is 0. The van der Waals surface area contributed by atoms with Gasteiger partial charge in [0.25, 0.3) is 0 Å². The summed E-state index contributed by atoms with van der Waals surface area (Å²) in [5.41, 5.74) is 6.64. The fourth-order valence-corrected chi connectivity index (χ4v) is 3.32. The molecule has 0 aromatic heterocycles. The van der Waals surface area contributed by atoms with Crippen molar-refractivity contribution < 1.29 is 9.53 Å². The number of carbonyl (C=O) groups is 1. The molecule has 2 N–H and O–H groups in total. The Morgan fingerprint density at radius 3 is 2.89 bits per heavy atom. The number of esters is 1. The Bertz CT molecular complexity index is 460. The van der Waals surface area contributed by atoms with Crippen LogP contribution in [0.15, 0.2) is 23.1 Å². The van der Waals surface area contributed by atoms with Crippen LogP contribution in [0, 0.1) is 5.41 Å². The molecule has 0 amide bonds. The van der Waals surface area contributed by atoms with Crippen LogP contribution < -0.4 is 5.73 Å². The van der Waals surface area contributed by atoms with Crippen LogP contribution in [-0.4, -0.2) is 18.8 Å². The van der Waals surface area contributed by atoms with Crippen molar-refractivity contribution in [3.63, 3.8) is 0 Å². The van der Waals surface area contributed by atoms with Gasteiger partial charge in [0.2, 0.25) is 0 Å². The normalized spacial score (nSPS) is 16.3.